The molecule has 0 aromatic carbocycles. The standard InChI is InChI=1S/C11H24N2O2S/c1-11(2,9-12)13-16(14,15)8-10-6-4-3-5-7-10/h10,13H,3-9,12H2,1-2H3. The zero-order valence-corrected chi connectivity index (χ0v) is 11.1. The van der Waals surface area contributed by atoms with Crippen molar-refractivity contribution >= 4 is 10.0 Å². The van der Waals surface area contributed by atoms with E-state index in [1.54, 1.807) is 0 Å². The summed E-state index contributed by atoms with van der Waals surface area (Å²) < 4.78 is 26.5. The summed E-state index contributed by atoms with van der Waals surface area (Å²) in [5.41, 5.74) is 4.99. The fraction of sp³-hybridized carbons (Fsp3) is 1.00. The Morgan fingerprint density at radius 3 is 2.31 bits per heavy atom. The third-order valence-corrected chi connectivity index (χ3v) is 4.90. The molecule has 5 heteroatoms. The molecule has 1 saturated carbocycles. The van der Waals surface area contributed by atoms with E-state index in [4.69, 9.17) is 5.73 Å². The van der Waals surface area contributed by atoms with Gasteiger partial charge in [-0.05, 0) is 32.6 Å². The van der Waals surface area contributed by atoms with E-state index >= 15 is 0 Å². The first-order chi connectivity index (χ1) is 7.35. The van der Waals surface area contributed by atoms with Crippen molar-refractivity contribution in [1.82, 2.24) is 4.72 Å². The molecular formula is C11H24N2O2S. The molecular weight excluding hydrogens is 224 g/mol. The number of nitrogens with two attached hydrogens (primary N) is 1. The van der Waals surface area contributed by atoms with Gasteiger partial charge in [0.2, 0.25) is 10.0 Å². The van der Waals surface area contributed by atoms with Gasteiger partial charge < -0.3 is 5.73 Å². The highest BCUT2D eigenvalue weighted by atomic mass is 32.2. The van der Waals surface area contributed by atoms with E-state index in [0.717, 1.165) is 12.8 Å². The summed E-state index contributed by atoms with van der Waals surface area (Å²) in [5, 5.41) is 0. The molecule has 0 aromatic heterocycles. The van der Waals surface area contributed by atoms with E-state index in [1.807, 2.05) is 13.8 Å². The van der Waals surface area contributed by atoms with Crippen molar-refractivity contribution in [3.05, 3.63) is 0 Å². The zero-order chi connectivity index (χ0) is 12.2. The Balaban J connectivity index is 2.50. The average Bonchev–Trinajstić information content (AvgIpc) is 2.17. The van der Waals surface area contributed by atoms with Crippen LogP contribution in [0.15, 0.2) is 0 Å². The van der Waals surface area contributed by atoms with E-state index in [1.165, 1.54) is 19.3 Å². The quantitative estimate of drug-likeness (QED) is 0.768. The number of hydrogen-bond donors (Lipinski definition) is 2. The van der Waals surface area contributed by atoms with E-state index in [-0.39, 0.29) is 5.75 Å². The van der Waals surface area contributed by atoms with Crippen molar-refractivity contribution < 1.29 is 8.42 Å². The largest absolute Gasteiger partial charge is 0.329 e. The van der Waals surface area contributed by atoms with Crippen molar-refractivity contribution in [3.8, 4) is 0 Å². The fourth-order valence-corrected chi connectivity index (χ4v) is 4.13. The summed E-state index contributed by atoms with van der Waals surface area (Å²) in [7, 11) is -3.18. The summed E-state index contributed by atoms with van der Waals surface area (Å²) in [5.74, 6) is 0.594. The summed E-state index contributed by atoms with van der Waals surface area (Å²) in [4.78, 5) is 0. The molecule has 0 amide bonds. The molecule has 0 heterocycles. The van der Waals surface area contributed by atoms with Crippen molar-refractivity contribution in [2.75, 3.05) is 12.3 Å². The van der Waals surface area contributed by atoms with E-state index < -0.39 is 15.6 Å². The Morgan fingerprint density at radius 1 is 1.25 bits per heavy atom. The van der Waals surface area contributed by atoms with Gasteiger partial charge in [0.25, 0.3) is 0 Å². The molecule has 1 aliphatic carbocycles. The van der Waals surface area contributed by atoms with Crippen molar-refractivity contribution in [2.24, 2.45) is 11.7 Å². The minimum Gasteiger partial charge on any atom is -0.329 e. The third-order valence-electron chi connectivity index (χ3n) is 3.12. The van der Waals surface area contributed by atoms with E-state index in [0.29, 0.717) is 12.5 Å². The van der Waals surface area contributed by atoms with Gasteiger partial charge in [-0.15, -0.1) is 0 Å². The fourth-order valence-electron chi connectivity index (χ4n) is 2.17. The van der Waals surface area contributed by atoms with Gasteiger partial charge >= 0.3 is 0 Å². The van der Waals surface area contributed by atoms with Gasteiger partial charge in [0.15, 0.2) is 0 Å². The van der Waals surface area contributed by atoms with Crippen LogP contribution in [-0.2, 0) is 10.0 Å². The Labute approximate surface area is 99.0 Å². The summed E-state index contributed by atoms with van der Waals surface area (Å²) in [6.07, 6.45) is 5.67. The van der Waals surface area contributed by atoms with E-state index in [2.05, 4.69) is 4.72 Å². The van der Waals surface area contributed by atoms with Crippen LogP contribution < -0.4 is 10.5 Å². The van der Waals surface area contributed by atoms with E-state index in [9.17, 15) is 8.42 Å². The minimum atomic E-state index is -3.18. The first-order valence-corrected chi connectivity index (χ1v) is 7.71. The van der Waals surface area contributed by atoms with Gasteiger partial charge in [-0.2, -0.15) is 0 Å². The lowest BCUT2D eigenvalue weighted by Crippen LogP contribution is -2.50. The van der Waals surface area contributed by atoms with Gasteiger partial charge in [0.1, 0.15) is 0 Å². The second kappa shape index (κ2) is 5.47. The normalized spacial score (nSPS) is 19.9. The first-order valence-electron chi connectivity index (χ1n) is 6.06. The SMILES string of the molecule is CC(C)(CN)NS(=O)(=O)CC1CCCCC1. The zero-order valence-electron chi connectivity index (χ0n) is 10.3. The first kappa shape index (κ1) is 13.9. The maximum Gasteiger partial charge on any atom is 0.212 e. The maximum atomic E-state index is 11.9. The third kappa shape index (κ3) is 4.80. The molecule has 96 valence electrons. The molecule has 0 saturated heterocycles. The van der Waals surface area contributed by atoms with Crippen LogP contribution in [-0.4, -0.2) is 26.3 Å². The lowest BCUT2D eigenvalue weighted by atomic mass is 9.91. The minimum absolute atomic E-state index is 0.260. The van der Waals surface area contributed by atoms with Crippen LogP contribution in [0.2, 0.25) is 0 Å². The number of nitrogens with one attached hydrogen (secondary N) is 1. The summed E-state index contributed by atoms with van der Waals surface area (Å²) in [6.45, 7) is 3.94. The molecule has 0 aromatic rings. The van der Waals surface area contributed by atoms with Crippen LogP contribution in [0, 0.1) is 5.92 Å². The van der Waals surface area contributed by atoms with Crippen LogP contribution in [0.25, 0.3) is 0 Å². The lowest BCUT2D eigenvalue weighted by Gasteiger charge is -2.27. The molecule has 0 aliphatic heterocycles. The van der Waals surface area contributed by atoms with Crippen LogP contribution in [0.1, 0.15) is 46.0 Å². The van der Waals surface area contributed by atoms with Crippen LogP contribution >= 0.6 is 0 Å². The number of rotatable bonds is 5. The Kier molecular flexibility index (Phi) is 4.76. The van der Waals surface area contributed by atoms with Gasteiger partial charge in [0.05, 0.1) is 5.75 Å². The van der Waals surface area contributed by atoms with Crippen molar-refractivity contribution in [1.29, 1.82) is 0 Å². The van der Waals surface area contributed by atoms with Gasteiger partial charge in [0, 0.05) is 12.1 Å². The average molecular weight is 248 g/mol. The highest BCUT2D eigenvalue weighted by Gasteiger charge is 2.26. The van der Waals surface area contributed by atoms with Gasteiger partial charge in [-0.1, -0.05) is 19.3 Å². The molecule has 1 rings (SSSR count). The number of sulfonamides is 1. The molecule has 1 fully saturated rings. The predicted octanol–water partition coefficient (Wildman–Crippen LogP) is 1.22. The highest BCUT2D eigenvalue weighted by molar-refractivity contribution is 7.89. The van der Waals surface area contributed by atoms with Crippen molar-refractivity contribution in [3.63, 3.8) is 0 Å². The van der Waals surface area contributed by atoms with Gasteiger partial charge in [-0.25, -0.2) is 13.1 Å². The molecule has 0 radical (unpaired) electrons. The van der Waals surface area contributed by atoms with Crippen LogP contribution in [0.4, 0.5) is 0 Å². The topological polar surface area (TPSA) is 72.2 Å². The summed E-state index contributed by atoms with van der Waals surface area (Å²) >= 11 is 0. The smallest absolute Gasteiger partial charge is 0.212 e. The highest BCUT2D eigenvalue weighted by Crippen LogP contribution is 2.24. The van der Waals surface area contributed by atoms with Crippen LogP contribution in [0.5, 0.6) is 0 Å². The molecule has 0 atom stereocenters. The second-order valence-corrected chi connectivity index (χ2v) is 7.24. The molecule has 1 aliphatic rings. The van der Waals surface area contributed by atoms with Crippen LogP contribution in [0.3, 0.4) is 0 Å². The summed E-state index contributed by atoms with van der Waals surface area (Å²) in [6, 6.07) is 0. The number of hydrogen-bond acceptors (Lipinski definition) is 3. The Morgan fingerprint density at radius 2 is 1.81 bits per heavy atom. The molecule has 3 N–H and O–H groups in total. The second-order valence-electron chi connectivity index (χ2n) is 5.48. The van der Waals surface area contributed by atoms with Gasteiger partial charge in [-0.3, -0.25) is 0 Å². The Hall–Kier alpha value is -0.130. The molecule has 4 nitrogen and oxygen atoms in total. The lowest BCUT2D eigenvalue weighted by molar-refractivity contribution is 0.380. The molecule has 0 bridgehead atoms. The maximum absolute atomic E-state index is 11.9. The predicted molar refractivity (Wildman–Crippen MR) is 66.6 cm³/mol. The molecule has 0 unspecified atom stereocenters. The van der Waals surface area contributed by atoms with Crippen molar-refractivity contribution in [2.45, 2.75) is 51.5 Å². The Bertz CT molecular complexity index is 306. The molecule has 16 heavy (non-hydrogen) atoms. The molecule has 0 spiro atoms. The monoisotopic (exact) mass is 248 g/mol.